The molecule has 2 saturated heterocycles. The molecule has 2 aliphatic heterocycles. The van der Waals surface area contributed by atoms with E-state index in [0.717, 1.165) is 11.1 Å². The van der Waals surface area contributed by atoms with Crippen LogP contribution in [0.5, 0.6) is 0 Å². The van der Waals surface area contributed by atoms with E-state index in [4.69, 9.17) is 36.7 Å². The number of benzene rings is 2. The van der Waals surface area contributed by atoms with E-state index in [1.165, 1.54) is 6.92 Å². The third kappa shape index (κ3) is 16.7. The van der Waals surface area contributed by atoms with Gasteiger partial charge < -0.3 is 42.0 Å². The van der Waals surface area contributed by atoms with Gasteiger partial charge in [0, 0.05) is 11.8 Å². The Hall–Kier alpha value is -2.23. The van der Waals surface area contributed by atoms with Crippen molar-refractivity contribution in [1.29, 1.82) is 0 Å². The fraction of sp³-hybridized carbons (Fsp3) is 0.740. The second-order valence-electron chi connectivity index (χ2n) is 24.5. The molecule has 0 bridgehead atoms. The molecule has 2 aromatic rings. The zero-order chi connectivity index (χ0) is 51.0. The van der Waals surface area contributed by atoms with Crippen LogP contribution in [0.4, 0.5) is 0 Å². The number of nitrogens with one attached hydrogen (secondary N) is 1. The minimum Gasteiger partial charge on any atom is -0.408 e. The topological polar surface area (TPSA) is 152 Å². The molecule has 2 heterocycles. The van der Waals surface area contributed by atoms with Crippen molar-refractivity contribution in [2.24, 2.45) is 5.11 Å². The van der Waals surface area contributed by atoms with Crippen molar-refractivity contribution in [1.82, 2.24) is 5.32 Å². The molecule has 13 nitrogen and oxygen atoms in total. The van der Waals surface area contributed by atoms with Crippen LogP contribution in [0.15, 0.2) is 65.8 Å². The summed E-state index contributed by atoms with van der Waals surface area (Å²) in [5.74, 6) is -0.113. The van der Waals surface area contributed by atoms with Gasteiger partial charge in [-0.05, 0) is 89.2 Å². The summed E-state index contributed by atoms with van der Waals surface area (Å²) in [7, 11) is -8.69. The molecule has 2 aliphatic rings. The lowest BCUT2D eigenvalue weighted by Crippen LogP contribution is -2.56. The summed E-state index contributed by atoms with van der Waals surface area (Å²) in [5, 5.41) is 7.27. The first-order chi connectivity index (χ1) is 30.5. The van der Waals surface area contributed by atoms with E-state index in [-0.39, 0.29) is 38.2 Å². The smallest absolute Gasteiger partial charge is 0.217 e. The Kier molecular flexibility index (Phi) is 20.6. The van der Waals surface area contributed by atoms with Crippen LogP contribution in [0.2, 0.25) is 72.5 Å². The van der Waals surface area contributed by atoms with Crippen molar-refractivity contribution in [3.63, 3.8) is 0 Å². The standard InChI is InChI=1S/C26H47NO5Si2.C24H43N3O4Si2/c1-19(28)27-22-21(18-29-17-20-15-13-12-14-16-20)30-24(32-34(10,11)26(5,6)7)23(22)31-33(8,9)25(2,3)4;1-23(2,3)32(7,8)30-21-20(26-27-25)19(17-28-16-18-14-12-11-13-15-18)29-22(21)31-33(9,10)24(4,5)6/h12-16,21-24H,17-18H2,1-11H3,(H,27,28);11-15,19-22H,16-17H2,1-10H3/t21-,22+,23?,24+;19-,20-,21?,22+/m11/s1. The minimum absolute atomic E-state index is 0.00265. The van der Waals surface area contributed by atoms with Crippen LogP contribution in [-0.2, 0) is 54.7 Å². The maximum Gasteiger partial charge on any atom is 0.217 e. The SMILES string of the molecule is CC(=O)N[C@@H]1C(O[Si](C)(C)C(C)(C)C)[C@H](O[Si](C)(C)C(C)(C)C)O[C@@H]1COCc1ccccc1.CC(C)(C)[Si](C)(C)OC1[C@H](O[Si](C)(C)C(C)(C)C)O[C@H](COCc2ccccc2)[C@H]1N=[N+]=[N-]. The second-order valence-corrected chi connectivity index (χ2v) is 43.5. The van der Waals surface area contributed by atoms with E-state index < -0.39 is 70.2 Å². The number of rotatable bonds is 18. The first-order valence-electron chi connectivity index (χ1n) is 24.1. The molecule has 1 amide bonds. The van der Waals surface area contributed by atoms with Crippen LogP contribution in [0.1, 0.15) is 101 Å². The van der Waals surface area contributed by atoms with Gasteiger partial charge in [-0.2, -0.15) is 0 Å². The quantitative estimate of drug-likeness (QED) is 0.0666. The second kappa shape index (κ2) is 23.3. The maximum atomic E-state index is 12.2. The Labute approximate surface area is 409 Å². The van der Waals surface area contributed by atoms with Gasteiger partial charge in [-0.3, -0.25) is 4.79 Å². The highest BCUT2D eigenvalue weighted by Crippen LogP contribution is 2.45. The van der Waals surface area contributed by atoms with Crippen LogP contribution in [0.25, 0.3) is 10.4 Å². The van der Waals surface area contributed by atoms with Crippen molar-refractivity contribution in [3.05, 3.63) is 82.2 Å². The van der Waals surface area contributed by atoms with Gasteiger partial charge in [0.05, 0.1) is 44.6 Å². The van der Waals surface area contributed by atoms with Gasteiger partial charge in [-0.1, -0.05) is 149 Å². The average Bonchev–Trinajstić information content (AvgIpc) is 3.64. The zero-order valence-corrected chi connectivity index (χ0v) is 49.2. The Morgan fingerprint density at radius 3 is 1.30 bits per heavy atom. The number of hydrogen-bond donors (Lipinski definition) is 1. The Bertz CT molecular complexity index is 1890. The number of hydrogen-bond acceptors (Lipinski definition) is 10. The van der Waals surface area contributed by atoms with E-state index >= 15 is 0 Å². The lowest BCUT2D eigenvalue weighted by Gasteiger charge is -2.43. The highest BCUT2D eigenvalue weighted by atomic mass is 28.4. The summed E-state index contributed by atoms with van der Waals surface area (Å²) < 4.78 is 52.0. The van der Waals surface area contributed by atoms with Crippen LogP contribution in [0.3, 0.4) is 0 Å². The Balaban J connectivity index is 0.000000355. The number of azide groups is 1. The van der Waals surface area contributed by atoms with Gasteiger partial charge in [0.2, 0.25) is 5.91 Å². The van der Waals surface area contributed by atoms with Gasteiger partial charge in [0.15, 0.2) is 45.8 Å². The first-order valence-corrected chi connectivity index (χ1v) is 35.7. The number of carbonyl (C=O) groups excluding carboxylic acids is 1. The molecule has 380 valence electrons. The summed E-state index contributed by atoms with van der Waals surface area (Å²) in [6, 6.07) is 19.2. The van der Waals surface area contributed by atoms with E-state index in [0.29, 0.717) is 26.4 Å². The number of ether oxygens (including phenoxy) is 4. The molecule has 17 heteroatoms. The molecule has 1 N–H and O–H groups in total. The third-order valence-corrected chi connectivity index (χ3v) is 32.7. The molecule has 0 aliphatic carbocycles. The molecule has 0 radical (unpaired) electrons. The molecule has 67 heavy (non-hydrogen) atoms. The van der Waals surface area contributed by atoms with Crippen molar-refractivity contribution in [3.8, 4) is 0 Å². The monoisotopic (exact) mass is 1000 g/mol. The fourth-order valence-corrected chi connectivity index (χ4v) is 11.3. The van der Waals surface area contributed by atoms with Crippen molar-refractivity contribution in [2.75, 3.05) is 13.2 Å². The molecule has 2 aromatic carbocycles. The van der Waals surface area contributed by atoms with Crippen molar-refractivity contribution < 1.29 is 41.4 Å². The number of amides is 1. The Morgan fingerprint density at radius 2 is 0.925 bits per heavy atom. The predicted molar refractivity (Wildman–Crippen MR) is 281 cm³/mol. The lowest BCUT2D eigenvalue weighted by atomic mass is 10.1. The molecule has 4 rings (SSSR count). The van der Waals surface area contributed by atoms with Crippen LogP contribution >= 0.6 is 0 Å². The first kappa shape index (κ1) is 59.1. The summed E-state index contributed by atoms with van der Waals surface area (Å²) in [6.07, 6.45) is -2.82. The maximum absolute atomic E-state index is 12.2. The van der Waals surface area contributed by atoms with Gasteiger partial charge in [0.1, 0.15) is 18.3 Å². The van der Waals surface area contributed by atoms with Gasteiger partial charge in [-0.15, -0.1) is 0 Å². The van der Waals surface area contributed by atoms with E-state index in [9.17, 15) is 10.3 Å². The number of carbonyl (C=O) groups is 1. The fourth-order valence-electron chi connectivity index (χ4n) is 6.45. The van der Waals surface area contributed by atoms with Gasteiger partial charge in [0.25, 0.3) is 0 Å². The van der Waals surface area contributed by atoms with E-state index in [1.807, 2.05) is 60.7 Å². The molecule has 0 aromatic heterocycles. The largest absolute Gasteiger partial charge is 0.408 e. The summed E-state index contributed by atoms with van der Waals surface area (Å²) in [6.45, 7) is 47.2. The summed E-state index contributed by atoms with van der Waals surface area (Å²) >= 11 is 0. The highest BCUT2D eigenvalue weighted by Gasteiger charge is 2.55. The molecular formula is C50H90N4O9Si4. The molecule has 2 fully saturated rings. The number of nitrogens with zero attached hydrogens (tertiary/aromatic N) is 3. The van der Waals surface area contributed by atoms with Crippen molar-refractivity contribution in [2.45, 2.75) is 225 Å². The molecule has 0 spiro atoms. The third-order valence-electron chi connectivity index (χ3n) is 14.9. The molecule has 0 saturated carbocycles. The molecular weight excluding hydrogens is 913 g/mol. The lowest BCUT2D eigenvalue weighted by molar-refractivity contribution is -0.126. The van der Waals surface area contributed by atoms with E-state index in [1.54, 1.807) is 0 Å². The highest BCUT2D eigenvalue weighted by molar-refractivity contribution is 6.75. The predicted octanol–water partition coefficient (Wildman–Crippen LogP) is 12.9. The molecule has 2 unspecified atom stereocenters. The van der Waals surface area contributed by atoms with E-state index in [2.05, 4.69) is 151 Å². The van der Waals surface area contributed by atoms with Crippen LogP contribution in [-0.4, -0.2) is 101 Å². The van der Waals surface area contributed by atoms with Gasteiger partial charge in [-0.25, -0.2) is 0 Å². The zero-order valence-electron chi connectivity index (χ0n) is 45.2. The summed E-state index contributed by atoms with van der Waals surface area (Å²) in [5.41, 5.74) is 11.5. The van der Waals surface area contributed by atoms with Crippen molar-refractivity contribution >= 4 is 39.2 Å². The molecule has 8 atom stereocenters. The van der Waals surface area contributed by atoms with Crippen LogP contribution in [0, 0.1) is 0 Å². The van der Waals surface area contributed by atoms with Gasteiger partial charge >= 0.3 is 0 Å². The average molecular weight is 1000 g/mol. The minimum atomic E-state index is -2.19. The normalized spacial score (nSPS) is 24.4. The van der Waals surface area contributed by atoms with Crippen LogP contribution < -0.4 is 5.32 Å². The Morgan fingerprint density at radius 1 is 0.582 bits per heavy atom. The summed E-state index contributed by atoms with van der Waals surface area (Å²) in [4.78, 5) is 15.4.